The molecule has 0 aliphatic carbocycles. The largest absolute Gasteiger partial charge is 0.488 e. The molecule has 3 nitrogen and oxygen atoms in total. The van der Waals surface area contributed by atoms with Gasteiger partial charge in [0.1, 0.15) is 12.4 Å². The normalized spacial score (nSPS) is 11.4. The Kier molecular flexibility index (Phi) is 4.41. The minimum absolute atomic E-state index is 0.503. The van der Waals surface area contributed by atoms with Gasteiger partial charge in [0.05, 0.1) is 5.71 Å². The van der Waals surface area contributed by atoms with Crippen LogP contribution in [0, 0.1) is 13.8 Å². The lowest BCUT2D eigenvalue weighted by atomic mass is 10.1. The standard InChI is InChI=1S/C17H19NO2/c1-12-8-9-13(2)15(10-12)11-20-17-7-5-4-6-16(17)14(3)18-19/h4-10,19H,11H2,1-3H3/b18-14+. The van der Waals surface area contributed by atoms with Crippen LogP contribution in [0.2, 0.25) is 0 Å². The van der Waals surface area contributed by atoms with Crippen LogP contribution in [0.15, 0.2) is 47.6 Å². The van der Waals surface area contributed by atoms with Crippen molar-refractivity contribution in [3.8, 4) is 5.75 Å². The minimum atomic E-state index is 0.503. The van der Waals surface area contributed by atoms with Crippen LogP contribution >= 0.6 is 0 Å². The van der Waals surface area contributed by atoms with Gasteiger partial charge in [0.15, 0.2) is 0 Å². The van der Waals surface area contributed by atoms with Gasteiger partial charge in [0.2, 0.25) is 0 Å². The van der Waals surface area contributed by atoms with Gasteiger partial charge >= 0.3 is 0 Å². The summed E-state index contributed by atoms with van der Waals surface area (Å²) in [5.41, 5.74) is 4.94. The molecule has 0 aromatic heterocycles. The predicted octanol–water partition coefficient (Wildman–Crippen LogP) is 4.08. The summed E-state index contributed by atoms with van der Waals surface area (Å²) in [6.45, 7) is 6.40. The number of hydrogen-bond donors (Lipinski definition) is 1. The maximum Gasteiger partial charge on any atom is 0.128 e. The fourth-order valence-electron chi connectivity index (χ4n) is 2.06. The number of hydrogen-bond acceptors (Lipinski definition) is 3. The molecule has 20 heavy (non-hydrogen) atoms. The molecule has 0 spiro atoms. The summed E-state index contributed by atoms with van der Waals surface area (Å²) in [7, 11) is 0. The van der Waals surface area contributed by atoms with E-state index in [1.807, 2.05) is 24.3 Å². The average Bonchev–Trinajstić information content (AvgIpc) is 2.47. The van der Waals surface area contributed by atoms with E-state index >= 15 is 0 Å². The molecule has 0 radical (unpaired) electrons. The van der Waals surface area contributed by atoms with Crippen molar-refractivity contribution in [2.24, 2.45) is 5.16 Å². The highest BCUT2D eigenvalue weighted by molar-refractivity contribution is 6.00. The summed E-state index contributed by atoms with van der Waals surface area (Å²) in [5.74, 6) is 0.726. The Labute approximate surface area is 119 Å². The van der Waals surface area contributed by atoms with Crippen LogP contribution in [0.5, 0.6) is 5.75 Å². The first kappa shape index (κ1) is 14.1. The van der Waals surface area contributed by atoms with Crippen LogP contribution < -0.4 is 4.74 Å². The summed E-state index contributed by atoms with van der Waals surface area (Å²) < 4.78 is 5.89. The van der Waals surface area contributed by atoms with Gasteiger partial charge in [-0.15, -0.1) is 0 Å². The Balaban J connectivity index is 2.21. The van der Waals surface area contributed by atoms with Crippen molar-refractivity contribution in [3.05, 3.63) is 64.7 Å². The molecule has 104 valence electrons. The van der Waals surface area contributed by atoms with Gasteiger partial charge in [-0.05, 0) is 44.0 Å². The lowest BCUT2D eigenvalue weighted by molar-refractivity contribution is 0.302. The van der Waals surface area contributed by atoms with Gasteiger partial charge in [0.25, 0.3) is 0 Å². The van der Waals surface area contributed by atoms with E-state index in [2.05, 4.69) is 37.2 Å². The lowest BCUT2D eigenvalue weighted by Gasteiger charge is -2.12. The zero-order valence-electron chi connectivity index (χ0n) is 12.1. The Hall–Kier alpha value is -2.29. The van der Waals surface area contributed by atoms with Gasteiger partial charge in [-0.1, -0.05) is 41.1 Å². The van der Waals surface area contributed by atoms with Crippen molar-refractivity contribution in [1.29, 1.82) is 0 Å². The van der Waals surface area contributed by atoms with Crippen molar-refractivity contribution >= 4 is 5.71 Å². The fraction of sp³-hybridized carbons (Fsp3) is 0.235. The van der Waals surface area contributed by atoms with Gasteiger partial charge in [-0.25, -0.2) is 0 Å². The zero-order valence-corrected chi connectivity index (χ0v) is 12.1. The molecule has 0 amide bonds. The molecule has 0 heterocycles. The van der Waals surface area contributed by atoms with E-state index < -0.39 is 0 Å². The zero-order chi connectivity index (χ0) is 14.5. The Morgan fingerprint density at radius 2 is 1.90 bits per heavy atom. The van der Waals surface area contributed by atoms with Crippen LogP contribution in [0.1, 0.15) is 29.2 Å². The lowest BCUT2D eigenvalue weighted by Crippen LogP contribution is -2.03. The first-order valence-electron chi connectivity index (χ1n) is 6.59. The Morgan fingerprint density at radius 3 is 2.65 bits per heavy atom. The monoisotopic (exact) mass is 269 g/mol. The number of rotatable bonds is 4. The molecule has 0 aliphatic rings. The predicted molar refractivity (Wildman–Crippen MR) is 80.7 cm³/mol. The molecule has 0 aliphatic heterocycles. The number of nitrogens with zero attached hydrogens (tertiary/aromatic N) is 1. The van der Waals surface area contributed by atoms with Crippen LogP contribution in [0.25, 0.3) is 0 Å². The van der Waals surface area contributed by atoms with Crippen LogP contribution in [-0.4, -0.2) is 10.9 Å². The van der Waals surface area contributed by atoms with Gasteiger partial charge in [-0.2, -0.15) is 0 Å². The van der Waals surface area contributed by atoms with Gasteiger partial charge < -0.3 is 9.94 Å². The molecule has 0 bridgehead atoms. The quantitative estimate of drug-likeness (QED) is 0.516. The molecule has 2 rings (SSSR count). The Morgan fingerprint density at radius 1 is 1.15 bits per heavy atom. The minimum Gasteiger partial charge on any atom is -0.488 e. The molecular formula is C17H19NO2. The average molecular weight is 269 g/mol. The fourth-order valence-corrected chi connectivity index (χ4v) is 2.06. The van der Waals surface area contributed by atoms with Crippen molar-refractivity contribution in [2.75, 3.05) is 0 Å². The van der Waals surface area contributed by atoms with Crippen molar-refractivity contribution < 1.29 is 9.94 Å². The first-order valence-corrected chi connectivity index (χ1v) is 6.59. The second-order valence-electron chi connectivity index (χ2n) is 4.90. The molecule has 2 aromatic rings. The van der Waals surface area contributed by atoms with E-state index in [1.165, 1.54) is 16.7 Å². The first-order chi connectivity index (χ1) is 9.61. The van der Waals surface area contributed by atoms with Gasteiger partial charge in [0, 0.05) is 5.56 Å². The maximum absolute atomic E-state index is 8.91. The van der Waals surface area contributed by atoms with E-state index in [4.69, 9.17) is 9.94 Å². The van der Waals surface area contributed by atoms with E-state index in [9.17, 15) is 0 Å². The highest BCUT2D eigenvalue weighted by atomic mass is 16.5. The molecule has 0 saturated carbocycles. The van der Waals surface area contributed by atoms with Crippen molar-refractivity contribution in [2.45, 2.75) is 27.4 Å². The SMILES string of the molecule is C/C(=N\O)c1ccccc1OCc1cc(C)ccc1C. The summed E-state index contributed by atoms with van der Waals surface area (Å²) in [4.78, 5) is 0. The van der Waals surface area contributed by atoms with E-state index in [1.54, 1.807) is 6.92 Å². The van der Waals surface area contributed by atoms with Gasteiger partial charge in [-0.3, -0.25) is 0 Å². The van der Waals surface area contributed by atoms with Crippen molar-refractivity contribution in [3.63, 3.8) is 0 Å². The number of aryl methyl sites for hydroxylation is 2. The third kappa shape index (κ3) is 3.18. The Bertz CT molecular complexity index is 633. The molecule has 3 heteroatoms. The molecule has 1 N–H and O–H groups in total. The number of ether oxygens (including phenoxy) is 1. The topological polar surface area (TPSA) is 41.8 Å². The van der Waals surface area contributed by atoms with E-state index in [0.717, 1.165) is 11.3 Å². The molecule has 2 aromatic carbocycles. The highest BCUT2D eigenvalue weighted by Crippen LogP contribution is 2.21. The third-order valence-corrected chi connectivity index (χ3v) is 3.31. The second-order valence-corrected chi connectivity index (χ2v) is 4.90. The number of para-hydroxylation sites is 1. The summed E-state index contributed by atoms with van der Waals surface area (Å²) >= 11 is 0. The summed E-state index contributed by atoms with van der Waals surface area (Å²) in [5, 5.41) is 12.2. The smallest absolute Gasteiger partial charge is 0.128 e. The molecule has 0 saturated heterocycles. The molecule has 0 unspecified atom stereocenters. The van der Waals surface area contributed by atoms with Crippen LogP contribution in [0.4, 0.5) is 0 Å². The third-order valence-electron chi connectivity index (χ3n) is 3.31. The van der Waals surface area contributed by atoms with E-state index in [-0.39, 0.29) is 0 Å². The summed E-state index contributed by atoms with van der Waals surface area (Å²) in [6, 6.07) is 13.9. The molecule has 0 fully saturated rings. The number of benzene rings is 2. The van der Waals surface area contributed by atoms with Crippen LogP contribution in [-0.2, 0) is 6.61 Å². The number of oxime groups is 1. The highest BCUT2D eigenvalue weighted by Gasteiger charge is 2.07. The van der Waals surface area contributed by atoms with Crippen LogP contribution in [0.3, 0.4) is 0 Å². The van der Waals surface area contributed by atoms with E-state index in [0.29, 0.717) is 12.3 Å². The summed E-state index contributed by atoms with van der Waals surface area (Å²) in [6.07, 6.45) is 0. The molecular weight excluding hydrogens is 250 g/mol. The van der Waals surface area contributed by atoms with Crippen molar-refractivity contribution in [1.82, 2.24) is 0 Å². The maximum atomic E-state index is 8.91. The molecule has 0 atom stereocenters. The second kappa shape index (κ2) is 6.24.